The van der Waals surface area contributed by atoms with Crippen molar-refractivity contribution in [2.45, 2.75) is 12.5 Å². The number of nitrogens with two attached hydrogens (primary N) is 2. The van der Waals surface area contributed by atoms with Crippen molar-refractivity contribution in [2.75, 3.05) is 12.9 Å². The molecule has 0 saturated carbocycles. The van der Waals surface area contributed by atoms with Crippen molar-refractivity contribution in [2.24, 2.45) is 11.5 Å². The van der Waals surface area contributed by atoms with Crippen LogP contribution in [0, 0.1) is 0 Å². The largest absolute Gasteiger partial charge is 0.480 e. The number of aliphatic hydroxyl groups excluding tert-OH is 1. The summed E-state index contributed by atoms with van der Waals surface area (Å²) >= 11 is 0. The predicted octanol–water partition coefficient (Wildman–Crippen LogP) is -0.863. The van der Waals surface area contributed by atoms with Gasteiger partial charge in [0.15, 0.2) is 8.46 Å². The molecular formula is C5H16N3O4P. The number of hydrogen-bond donors (Lipinski definition) is 5. The summed E-state index contributed by atoms with van der Waals surface area (Å²) in [6, 6.07) is -0.869. The molecular weight excluding hydrogens is 197 g/mol. The topological polar surface area (TPSA) is 162 Å². The van der Waals surface area contributed by atoms with Gasteiger partial charge in [-0.15, -0.1) is 0 Å². The number of carboxylic acid groups (broad SMARTS) is 1. The van der Waals surface area contributed by atoms with Gasteiger partial charge in [0, 0.05) is 6.16 Å². The van der Waals surface area contributed by atoms with E-state index in [-0.39, 0.29) is 27.8 Å². The molecule has 80 valence electrons. The van der Waals surface area contributed by atoms with Crippen LogP contribution in [0.25, 0.3) is 0 Å². The minimum absolute atomic E-state index is 0. The average molecular weight is 213 g/mol. The normalized spacial score (nSPS) is 10.7. The molecule has 0 fully saturated rings. The first kappa shape index (κ1) is 18.2. The molecule has 0 saturated heterocycles. The summed E-state index contributed by atoms with van der Waals surface area (Å²) in [5, 5.41) is 15.5. The van der Waals surface area contributed by atoms with Crippen LogP contribution in [0.3, 0.4) is 0 Å². The van der Waals surface area contributed by atoms with Crippen LogP contribution in [0.2, 0.25) is 0 Å². The maximum Gasteiger partial charge on any atom is 0.320 e. The monoisotopic (exact) mass is 213 g/mol. The maximum atomic E-state index is 9.98. The number of aliphatic carboxylic acids is 1. The van der Waals surface area contributed by atoms with Gasteiger partial charge in [0.25, 0.3) is 0 Å². The van der Waals surface area contributed by atoms with Crippen LogP contribution in [-0.2, 0) is 9.36 Å². The van der Waals surface area contributed by atoms with Gasteiger partial charge in [0.1, 0.15) is 6.04 Å². The number of rotatable bonds is 4. The lowest BCUT2D eigenvalue weighted by Gasteiger charge is -1.99. The highest BCUT2D eigenvalue weighted by Crippen LogP contribution is 1.97. The quantitative estimate of drug-likeness (QED) is 0.299. The molecule has 0 amide bonds. The molecule has 7 nitrogen and oxygen atoms in total. The van der Waals surface area contributed by atoms with Gasteiger partial charge in [-0.2, -0.15) is 0 Å². The van der Waals surface area contributed by atoms with Crippen LogP contribution in [0.15, 0.2) is 0 Å². The highest BCUT2D eigenvalue weighted by Gasteiger charge is 2.09. The molecule has 0 heterocycles. The fourth-order valence-corrected chi connectivity index (χ4v) is 0.699. The van der Waals surface area contributed by atoms with Crippen LogP contribution in [-0.4, -0.2) is 35.1 Å². The molecule has 8 heteroatoms. The lowest BCUT2D eigenvalue weighted by molar-refractivity contribution is -0.138. The molecule has 0 aliphatic heterocycles. The van der Waals surface area contributed by atoms with E-state index >= 15 is 0 Å². The molecule has 0 aromatic heterocycles. The minimum atomic E-state index is -1.04. The number of hydrogen-bond acceptors (Lipinski definition) is 6. The van der Waals surface area contributed by atoms with Gasteiger partial charge in [0.05, 0.1) is 6.73 Å². The molecule has 0 bridgehead atoms. The molecule has 13 heavy (non-hydrogen) atoms. The Morgan fingerprint density at radius 1 is 1.54 bits per heavy atom. The molecule has 1 atom stereocenters. The zero-order valence-electron chi connectivity index (χ0n) is 7.22. The summed E-state index contributed by atoms with van der Waals surface area (Å²) in [6.45, 7) is -0.250. The van der Waals surface area contributed by atoms with Crippen LogP contribution in [0.1, 0.15) is 6.42 Å². The molecule has 0 rings (SSSR count). The smallest absolute Gasteiger partial charge is 0.320 e. The van der Waals surface area contributed by atoms with Crippen molar-refractivity contribution < 1.29 is 19.6 Å². The van der Waals surface area contributed by atoms with Gasteiger partial charge in [-0.05, 0) is 6.42 Å². The summed E-state index contributed by atoms with van der Waals surface area (Å²) in [5.74, 6) is -1.04. The van der Waals surface area contributed by atoms with Gasteiger partial charge in [-0.25, -0.2) is 0 Å². The Bertz CT molecular complexity index is 135. The Hall–Kier alpha value is -0.590. The van der Waals surface area contributed by atoms with E-state index in [1.165, 1.54) is 0 Å². The molecule has 0 aliphatic rings. The Labute approximate surface area is 77.9 Å². The molecule has 9 N–H and O–H groups in total. The van der Waals surface area contributed by atoms with Gasteiger partial charge in [-0.1, -0.05) is 0 Å². The average Bonchev–Trinajstić information content (AvgIpc) is 2.01. The van der Waals surface area contributed by atoms with E-state index in [4.69, 9.17) is 15.9 Å². The Balaban J connectivity index is -0.000000220. The number of carbonyl (C=O) groups is 1. The minimum Gasteiger partial charge on any atom is -0.480 e. The first-order chi connectivity index (χ1) is 5.59. The maximum absolute atomic E-state index is 9.98. The predicted molar refractivity (Wildman–Crippen MR) is 49.0 cm³/mol. The summed E-state index contributed by atoms with van der Waals surface area (Å²) in [6.07, 6.45) is 0.577. The Morgan fingerprint density at radius 2 is 1.92 bits per heavy atom. The SMILES string of the molecule is N.NC(CCP=O)C(=O)O.NCO. The molecule has 0 radical (unpaired) electrons. The first-order valence-electron chi connectivity index (χ1n) is 3.18. The van der Waals surface area contributed by atoms with Crippen molar-refractivity contribution >= 4 is 14.4 Å². The Morgan fingerprint density at radius 3 is 2.15 bits per heavy atom. The van der Waals surface area contributed by atoms with Crippen molar-refractivity contribution in [3.05, 3.63) is 0 Å². The van der Waals surface area contributed by atoms with Crippen LogP contribution < -0.4 is 17.6 Å². The highest BCUT2D eigenvalue weighted by molar-refractivity contribution is 7.23. The third-order valence-corrected chi connectivity index (χ3v) is 1.29. The van der Waals surface area contributed by atoms with E-state index < -0.39 is 12.0 Å². The van der Waals surface area contributed by atoms with Crippen molar-refractivity contribution in [1.82, 2.24) is 6.15 Å². The first-order valence-corrected chi connectivity index (χ1v) is 4.18. The number of carboxylic acids is 1. The molecule has 0 aliphatic carbocycles. The van der Waals surface area contributed by atoms with Crippen molar-refractivity contribution in [3.63, 3.8) is 0 Å². The summed E-state index contributed by atoms with van der Waals surface area (Å²) in [4.78, 5) is 9.98. The van der Waals surface area contributed by atoms with Crippen LogP contribution in [0.4, 0.5) is 0 Å². The van der Waals surface area contributed by atoms with Gasteiger partial charge in [-0.3, -0.25) is 9.36 Å². The van der Waals surface area contributed by atoms with E-state index in [0.717, 1.165) is 0 Å². The molecule has 0 aromatic rings. The third kappa shape index (κ3) is 18.4. The second-order valence-electron chi connectivity index (χ2n) is 1.77. The lowest BCUT2D eigenvalue weighted by Crippen LogP contribution is -2.30. The number of aliphatic hydroxyl groups is 1. The van der Waals surface area contributed by atoms with E-state index in [0.29, 0.717) is 6.16 Å². The van der Waals surface area contributed by atoms with Gasteiger partial charge >= 0.3 is 5.97 Å². The second kappa shape index (κ2) is 14.0. The van der Waals surface area contributed by atoms with E-state index in [2.05, 4.69) is 5.73 Å². The van der Waals surface area contributed by atoms with Crippen LogP contribution >= 0.6 is 8.46 Å². The van der Waals surface area contributed by atoms with Crippen molar-refractivity contribution in [1.29, 1.82) is 0 Å². The van der Waals surface area contributed by atoms with E-state index in [1.807, 2.05) is 0 Å². The fraction of sp³-hybridized carbons (Fsp3) is 0.800. The van der Waals surface area contributed by atoms with Gasteiger partial charge < -0.3 is 27.8 Å². The third-order valence-electron chi connectivity index (χ3n) is 0.849. The fourth-order valence-electron chi connectivity index (χ4n) is 0.315. The molecule has 1 unspecified atom stereocenters. The lowest BCUT2D eigenvalue weighted by atomic mass is 10.2. The Kier molecular flexibility index (Phi) is 19.6. The molecule has 0 aromatic carbocycles. The van der Waals surface area contributed by atoms with Crippen molar-refractivity contribution in [3.8, 4) is 0 Å². The summed E-state index contributed by atoms with van der Waals surface area (Å²) < 4.78 is 9.78. The highest BCUT2D eigenvalue weighted by atomic mass is 31.1. The van der Waals surface area contributed by atoms with Crippen LogP contribution in [0.5, 0.6) is 0 Å². The standard InChI is InChI=1S/C4H8NO3P.CH5NO.H3N/c5-3(4(6)7)1-2-9-8;2-1-3;/h3H,1-2,5H2,(H,6,7);3H,1-2H2;1H3. The second-order valence-corrected chi connectivity index (χ2v) is 2.47. The van der Waals surface area contributed by atoms with E-state index in [1.54, 1.807) is 0 Å². The van der Waals surface area contributed by atoms with Gasteiger partial charge in [0.2, 0.25) is 0 Å². The van der Waals surface area contributed by atoms with E-state index in [9.17, 15) is 9.36 Å². The summed E-state index contributed by atoms with van der Waals surface area (Å²) in [7, 11) is -0.0480. The summed E-state index contributed by atoms with van der Waals surface area (Å²) in [5.41, 5.74) is 9.46. The zero-order valence-corrected chi connectivity index (χ0v) is 8.11. The zero-order chi connectivity index (χ0) is 9.98. The molecule has 0 spiro atoms.